The average molecular weight is 739 g/mol. The van der Waals surface area contributed by atoms with Crippen molar-refractivity contribution in [2.75, 3.05) is 41.0 Å². The molecular weight excluding hydrogens is 666 g/mol. The Hall–Kier alpha value is -3.75. The van der Waals surface area contributed by atoms with E-state index in [-0.39, 0.29) is 42.7 Å². The zero-order chi connectivity index (χ0) is 39.3. The van der Waals surface area contributed by atoms with Crippen LogP contribution in [-0.2, 0) is 28.6 Å². The van der Waals surface area contributed by atoms with Crippen LogP contribution in [0.2, 0.25) is 0 Å². The van der Waals surface area contributed by atoms with E-state index in [0.29, 0.717) is 19.3 Å². The molecule has 0 rings (SSSR count). The largest absolute Gasteiger partial charge is 0.477 e. The highest BCUT2D eigenvalue weighted by Gasteiger charge is 2.31. The van der Waals surface area contributed by atoms with E-state index in [1.807, 2.05) is 75.8 Å². The molecule has 0 saturated carbocycles. The monoisotopic (exact) mass is 739 g/mol. The Kier molecular flexibility index (Phi) is 32.8. The van der Waals surface area contributed by atoms with Gasteiger partial charge in [-0.1, -0.05) is 137 Å². The highest BCUT2D eigenvalue weighted by Crippen LogP contribution is 2.12. The van der Waals surface area contributed by atoms with Gasteiger partial charge in [0.05, 0.1) is 34.4 Å². The summed E-state index contributed by atoms with van der Waals surface area (Å²) < 4.78 is 17.1. The Labute approximate surface area is 322 Å². The second kappa shape index (κ2) is 35.3. The maximum absolute atomic E-state index is 12.6. The summed E-state index contributed by atoms with van der Waals surface area (Å²) in [6, 6.07) is -0.634. The van der Waals surface area contributed by atoms with Crippen LogP contribution in [0.25, 0.3) is 0 Å². The Balaban J connectivity index is 4.54. The second-order valence-electron chi connectivity index (χ2n) is 13.9. The number of hydrogen-bond acceptors (Lipinski definition) is 6. The molecule has 0 saturated heterocycles. The number of allylic oxidation sites excluding steroid dienone is 16. The predicted molar refractivity (Wildman–Crippen MR) is 219 cm³/mol. The highest BCUT2D eigenvalue weighted by molar-refractivity contribution is 5.72. The Morgan fingerprint density at radius 2 is 1.11 bits per heavy atom. The predicted octanol–water partition coefficient (Wildman–Crippen LogP) is 10.3. The molecule has 0 bridgehead atoms. The Bertz CT molecular complexity index is 1180. The number of esters is 2. The SMILES string of the molecule is CC/C=C/C=C/C=C/C=C/C=C/CCCC(=O)OC(COCCC(C(=O)O)[N+](C)(C)C)COC(=O)CCCCCCCC/C=C/C/C=C/C/C=C/CC. The summed E-state index contributed by atoms with van der Waals surface area (Å²) in [6.07, 6.45) is 46.1. The van der Waals surface area contributed by atoms with Crippen LogP contribution >= 0.6 is 0 Å². The lowest BCUT2D eigenvalue weighted by atomic mass is 10.1. The van der Waals surface area contributed by atoms with Gasteiger partial charge in [0, 0.05) is 19.3 Å². The summed E-state index contributed by atoms with van der Waals surface area (Å²) in [5, 5.41) is 9.59. The highest BCUT2D eigenvalue weighted by atomic mass is 16.6. The van der Waals surface area contributed by atoms with E-state index in [2.05, 4.69) is 56.4 Å². The van der Waals surface area contributed by atoms with Gasteiger partial charge in [0.2, 0.25) is 0 Å². The summed E-state index contributed by atoms with van der Waals surface area (Å²) in [7, 11) is 5.47. The normalized spacial score (nSPS) is 14.1. The average Bonchev–Trinajstić information content (AvgIpc) is 3.11. The fourth-order valence-electron chi connectivity index (χ4n) is 5.07. The third-order valence-corrected chi connectivity index (χ3v) is 8.11. The number of carbonyl (C=O) groups excluding carboxylic acids is 2. The first-order valence-corrected chi connectivity index (χ1v) is 19.8. The van der Waals surface area contributed by atoms with E-state index in [4.69, 9.17) is 14.2 Å². The van der Waals surface area contributed by atoms with Crippen molar-refractivity contribution in [1.82, 2.24) is 0 Å². The minimum absolute atomic E-state index is 0.0212. The fourth-order valence-corrected chi connectivity index (χ4v) is 5.07. The number of nitrogens with zero attached hydrogens (tertiary/aromatic N) is 1. The molecule has 53 heavy (non-hydrogen) atoms. The van der Waals surface area contributed by atoms with Crippen molar-refractivity contribution >= 4 is 17.9 Å². The van der Waals surface area contributed by atoms with Gasteiger partial charge >= 0.3 is 17.9 Å². The first-order chi connectivity index (χ1) is 25.6. The van der Waals surface area contributed by atoms with Gasteiger partial charge in [0.25, 0.3) is 0 Å². The molecule has 0 aliphatic carbocycles. The lowest BCUT2D eigenvalue weighted by Gasteiger charge is -2.31. The number of carbonyl (C=O) groups is 3. The summed E-state index contributed by atoms with van der Waals surface area (Å²) in [5.74, 6) is -1.60. The maximum atomic E-state index is 12.6. The molecule has 0 aromatic heterocycles. The molecule has 0 fully saturated rings. The van der Waals surface area contributed by atoms with Crippen molar-refractivity contribution in [1.29, 1.82) is 0 Å². The molecule has 8 heteroatoms. The minimum Gasteiger partial charge on any atom is -0.477 e. The first kappa shape index (κ1) is 49.2. The number of likely N-dealkylation sites (N-methyl/N-ethyl adjacent to an activating group) is 1. The van der Waals surface area contributed by atoms with E-state index in [0.717, 1.165) is 64.2 Å². The summed E-state index contributed by atoms with van der Waals surface area (Å²) in [6.45, 7) is 4.35. The van der Waals surface area contributed by atoms with Crippen LogP contribution in [0.5, 0.6) is 0 Å². The molecule has 0 heterocycles. The van der Waals surface area contributed by atoms with Gasteiger partial charge in [-0.3, -0.25) is 9.59 Å². The number of hydrogen-bond donors (Lipinski definition) is 1. The van der Waals surface area contributed by atoms with E-state index in [1.165, 1.54) is 12.8 Å². The van der Waals surface area contributed by atoms with Crippen molar-refractivity contribution in [3.8, 4) is 0 Å². The maximum Gasteiger partial charge on any atom is 0.362 e. The first-order valence-electron chi connectivity index (χ1n) is 19.8. The van der Waals surface area contributed by atoms with Crippen molar-refractivity contribution in [3.63, 3.8) is 0 Å². The third-order valence-electron chi connectivity index (χ3n) is 8.11. The summed E-state index contributed by atoms with van der Waals surface area (Å²) >= 11 is 0. The van der Waals surface area contributed by atoms with Crippen molar-refractivity contribution < 1.29 is 38.2 Å². The molecule has 0 amide bonds. The zero-order valence-corrected chi connectivity index (χ0v) is 33.7. The number of ether oxygens (including phenoxy) is 3. The van der Waals surface area contributed by atoms with E-state index < -0.39 is 18.1 Å². The van der Waals surface area contributed by atoms with Crippen molar-refractivity contribution in [2.24, 2.45) is 0 Å². The minimum atomic E-state index is -0.894. The lowest BCUT2D eigenvalue weighted by molar-refractivity contribution is -0.887. The lowest BCUT2D eigenvalue weighted by Crippen LogP contribution is -2.50. The topological polar surface area (TPSA) is 99.1 Å². The molecule has 0 radical (unpaired) electrons. The van der Waals surface area contributed by atoms with Crippen LogP contribution in [0.4, 0.5) is 0 Å². The molecule has 0 aliphatic heterocycles. The molecule has 8 nitrogen and oxygen atoms in total. The molecule has 0 aromatic rings. The number of rotatable bonds is 33. The standard InChI is InChI=1S/C45H71NO7/c1-6-8-10-12-14-16-18-20-21-22-24-25-27-29-31-33-35-43(47)52-40-41(39-51-38-37-42(45(49)50)46(3,4)5)53-44(48)36-34-32-30-28-26-23-19-17-15-13-11-9-7-2/h8-11,13-17,19-21,23,26,28,30,41-42H,6-7,12,18,22,24-25,27,29,31-40H2,1-5H3/p+1/b10-8+,11-9+,15-13+,16-14+,19-17+,21-20+,26-23+,30-28+. The van der Waals surface area contributed by atoms with Crippen LogP contribution in [0.3, 0.4) is 0 Å². The molecule has 2 unspecified atom stereocenters. The fraction of sp³-hybridized carbons (Fsp3) is 0.578. The van der Waals surface area contributed by atoms with Crippen molar-refractivity contribution in [3.05, 3.63) is 97.2 Å². The number of unbranched alkanes of at least 4 members (excludes halogenated alkanes) is 7. The van der Waals surface area contributed by atoms with E-state index >= 15 is 0 Å². The Morgan fingerprint density at radius 1 is 0.585 bits per heavy atom. The van der Waals surface area contributed by atoms with Gasteiger partial charge in [0.1, 0.15) is 6.61 Å². The summed E-state index contributed by atoms with van der Waals surface area (Å²) in [4.78, 5) is 36.8. The van der Waals surface area contributed by atoms with Crippen LogP contribution in [0, 0.1) is 0 Å². The number of carboxylic acids is 1. The zero-order valence-electron chi connectivity index (χ0n) is 33.7. The molecule has 0 aliphatic rings. The van der Waals surface area contributed by atoms with Gasteiger partial charge in [0.15, 0.2) is 12.1 Å². The smallest absolute Gasteiger partial charge is 0.362 e. The van der Waals surface area contributed by atoms with Gasteiger partial charge in [-0.25, -0.2) is 4.79 Å². The van der Waals surface area contributed by atoms with E-state index in [9.17, 15) is 19.5 Å². The molecule has 0 aromatic carbocycles. The van der Waals surface area contributed by atoms with Gasteiger partial charge in [-0.2, -0.15) is 0 Å². The number of carboxylic acid groups (broad SMARTS) is 1. The molecule has 0 spiro atoms. The van der Waals surface area contributed by atoms with E-state index in [1.54, 1.807) is 0 Å². The molecule has 298 valence electrons. The second-order valence-corrected chi connectivity index (χ2v) is 13.9. The number of quaternary nitrogens is 1. The van der Waals surface area contributed by atoms with Crippen LogP contribution in [-0.4, -0.2) is 80.6 Å². The van der Waals surface area contributed by atoms with Crippen molar-refractivity contribution in [2.45, 2.75) is 129 Å². The molecule has 1 N–H and O–H groups in total. The van der Waals surface area contributed by atoms with Gasteiger partial charge in [-0.05, 0) is 57.8 Å². The van der Waals surface area contributed by atoms with Gasteiger partial charge in [-0.15, -0.1) is 0 Å². The van der Waals surface area contributed by atoms with Crippen LogP contribution in [0.1, 0.15) is 117 Å². The van der Waals surface area contributed by atoms with Crippen LogP contribution < -0.4 is 0 Å². The quantitative estimate of drug-likeness (QED) is 0.0235. The molecule has 2 atom stereocenters. The van der Waals surface area contributed by atoms with Crippen LogP contribution in [0.15, 0.2) is 97.2 Å². The summed E-state index contributed by atoms with van der Waals surface area (Å²) in [5.41, 5.74) is 0. The number of aliphatic carboxylic acids is 1. The Morgan fingerprint density at radius 3 is 1.74 bits per heavy atom. The van der Waals surface area contributed by atoms with Gasteiger partial charge < -0.3 is 23.8 Å². The molecular formula is C45H72NO7+. The third kappa shape index (κ3) is 33.8.